The lowest BCUT2D eigenvalue weighted by Crippen LogP contribution is -1.85. The Hall–Kier alpha value is -0.0600. The molecule has 1 aromatic carbocycles. The average Bonchev–Trinajstić information content (AvgIpc) is 2.26. The number of hydrogen-bond acceptors (Lipinski definition) is 0. The Morgan fingerprint density at radius 2 is 1.80 bits per heavy atom. The van der Waals surface area contributed by atoms with Crippen LogP contribution in [0.25, 0.3) is 0 Å². The minimum absolute atomic E-state index is 0.301. The molecule has 1 unspecified atom stereocenters. The predicted octanol–water partition coefficient (Wildman–Crippen LogP) is 5.40. The monoisotopic (exact) mass is 242 g/mol. The summed E-state index contributed by atoms with van der Waals surface area (Å²) in [5.74, 6) is 0. The van der Waals surface area contributed by atoms with E-state index >= 15 is 0 Å². The van der Waals surface area contributed by atoms with Crippen LogP contribution in [-0.4, -0.2) is 6.16 Å². The van der Waals surface area contributed by atoms with Crippen LogP contribution in [0.1, 0.15) is 38.2 Å². The lowest BCUT2D eigenvalue weighted by molar-refractivity contribution is 0.705. The van der Waals surface area contributed by atoms with Gasteiger partial charge in [0.15, 0.2) is 0 Å². The van der Waals surface area contributed by atoms with E-state index in [4.69, 9.17) is 11.2 Å². The van der Waals surface area contributed by atoms with Gasteiger partial charge in [-0.1, -0.05) is 67.8 Å². The molecule has 0 fully saturated rings. The van der Waals surface area contributed by atoms with Gasteiger partial charge in [0.1, 0.15) is 0 Å². The molecule has 0 heterocycles. The molecule has 0 aliphatic carbocycles. The third kappa shape index (κ3) is 6.17. The summed E-state index contributed by atoms with van der Waals surface area (Å²) in [5, 5.41) is 0. The van der Waals surface area contributed by atoms with E-state index in [9.17, 15) is 0 Å². The molecule has 84 valence electrons. The lowest BCUT2D eigenvalue weighted by Gasteiger charge is -2.09. The Kier molecular flexibility index (Phi) is 7.05. The van der Waals surface area contributed by atoms with Crippen molar-refractivity contribution in [2.24, 2.45) is 0 Å². The summed E-state index contributed by atoms with van der Waals surface area (Å²) in [6, 6.07) is 10.6. The third-order valence-electron chi connectivity index (χ3n) is 2.45. The van der Waals surface area contributed by atoms with E-state index in [0.29, 0.717) is 0 Å². The minimum atomic E-state index is -0.301. The van der Waals surface area contributed by atoms with Crippen LogP contribution in [-0.2, 0) is 6.16 Å². The SMILES string of the molecule is CCCCCCP(Cl)Cc1ccccc1. The Balaban J connectivity index is 2.16. The molecule has 0 bridgehead atoms. The first-order chi connectivity index (χ1) is 7.33. The van der Waals surface area contributed by atoms with Crippen LogP contribution >= 0.6 is 18.5 Å². The molecule has 0 N–H and O–H groups in total. The zero-order chi connectivity index (χ0) is 10.9. The molecule has 1 rings (SSSR count). The molecule has 15 heavy (non-hydrogen) atoms. The topological polar surface area (TPSA) is 0 Å². The Morgan fingerprint density at radius 1 is 1.07 bits per heavy atom. The van der Waals surface area contributed by atoms with Gasteiger partial charge in [-0.15, -0.1) is 0 Å². The standard InChI is InChI=1S/C13H20ClP/c1-2-3-4-8-11-15(14)12-13-9-6-5-7-10-13/h5-7,9-10H,2-4,8,11-12H2,1H3. The zero-order valence-electron chi connectivity index (χ0n) is 9.45. The molecule has 0 aliphatic rings. The second-order valence-electron chi connectivity index (χ2n) is 3.89. The normalized spacial score (nSPS) is 12.7. The van der Waals surface area contributed by atoms with Gasteiger partial charge in [-0.05, 0) is 25.4 Å². The summed E-state index contributed by atoms with van der Waals surface area (Å²) in [6.07, 6.45) is 7.59. The summed E-state index contributed by atoms with van der Waals surface area (Å²) >= 11 is 6.36. The van der Waals surface area contributed by atoms with Crippen LogP contribution in [0, 0.1) is 0 Å². The van der Waals surface area contributed by atoms with E-state index < -0.39 is 0 Å². The first kappa shape index (κ1) is 13.0. The van der Waals surface area contributed by atoms with Gasteiger partial charge >= 0.3 is 0 Å². The average molecular weight is 243 g/mol. The van der Waals surface area contributed by atoms with E-state index in [1.165, 1.54) is 37.4 Å². The van der Waals surface area contributed by atoms with Gasteiger partial charge in [-0.3, -0.25) is 0 Å². The number of halogens is 1. The number of benzene rings is 1. The summed E-state index contributed by atoms with van der Waals surface area (Å²) in [6.45, 7) is 2.24. The lowest BCUT2D eigenvalue weighted by atomic mass is 10.2. The van der Waals surface area contributed by atoms with Gasteiger partial charge in [0.2, 0.25) is 0 Å². The van der Waals surface area contributed by atoms with E-state index in [2.05, 4.69) is 37.3 Å². The molecule has 0 amide bonds. The van der Waals surface area contributed by atoms with Crippen molar-refractivity contribution in [1.82, 2.24) is 0 Å². The molecular weight excluding hydrogens is 223 g/mol. The highest BCUT2D eigenvalue weighted by atomic mass is 35.7. The van der Waals surface area contributed by atoms with Gasteiger partial charge in [0.05, 0.1) is 0 Å². The van der Waals surface area contributed by atoms with Crippen LogP contribution in [0.3, 0.4) is 0 Å². The van der Waals surface area contributed by atoms with Crippen LogP contribution < -0.4 is 0 Å². The van der Waals surface area contributed by atoms with E-state index in [1.54, 1.807) is 0 Å². The Bertz CT molecular complexity index is 248. The maximum Gasteiger partial charge on any atom is 0.00658 e. The van der Waals surface area contributed by atoms with Crippen molar-refractivity contribution in [3.8, 4) is 0 Å². The smallest absolute Gasteiger partial charge is 0.00658 e. The van der Waals surface area contributed by atoms with Crippen molar-refractivity contribution in [2.75, 3.05) is 6.16 Å². The highest BCUT2D eigenvalue weighted by molar-refractivity contribution is 7.83. The quantitative estimate of drug-likeness (QED) is 0.443. The predicted molar refractivity (Wildman–Crippen MR) is 71.9 cm³/mol. The van der Waals surface area contributed by atoms with Crippen molar-refractivity contribution in [3.63, 3.8) is 0 Å². The van der Waals surface area contributed by atoms with Crippen molar-refractivity contribution in [1.29, 1.82) is 0 Å². The molecule has 0 nitrogen and oxygen atoms in total. The van der Waals surface area contributed by atoms with Crippen LogP contribution in [0.4, 0.5) is 0 Å². The van der Waals surface area contributed by atoms with Crippen molar-refractivity contribution in [2.45, 2.75) is 38.8 Å². The molecule has 0 aromatic heterocycles. The molecule has 1 atom stereocenters. The van der Waals surface area contributed by atoms with Gasteiger partial charge < -0.3 is 0 Å². The first-order valence-electron chi connectivity index (χ1n) is 5.77. The second-order valence-corrected chi connectivity index (χ2v) is 7.01. The van der Waals surface area contributed by atoms with Crippen molar-refractivity contribution in [3.05, 3.63) is 35.9 Å². The molecule has 1 aromatic rings. The van der Waals surface area contributed by atoms with Crippen molar-refractivity contribution < 1.29 is 0 Å². The molecule has 2 heteroatoms. The summed E-state index contributed by atoms with van der Waals surface area (Å²) in [4.78, 5) is 0. The van der Waals surface area contributed by atoms with Crippen molar-refractivity contribution >= 4 is 18.5 Å². The maximum absolute atomic E-state index is 6.36. The highest BCUT2D eigenvalue weighted by Crippen LogP contribution is 2.45. The fourth-order valence-corrected chi connectivity index (χ4v) is 3.68. The second kappa shape index (κ2) is 8.13. The maximum atomic E-state index is 6.36. The van der Waals surface area contributed by atoms with Crippen LogP contribution in [0.15, 0.2) is 30.3 Å². The van der Waals surface area contributed by atoms with Gasteiger partial charge in [-0.2, -0.15) is 0 Å². The summed E-state index contributed by atoms with van der Waals surface area (Å²) in [7, 11) is -0.301. The van der Waals surface area contributed by atoms with Gasteiger partial charge in [0.25, 0.3) is 0 Å². The Morgan fingerprint density at radius 3 is 2.47 bits per heavy atom. The molecule has 0 aliphatic heterocycles. The van der Waals surface area contributed by atoms with Crippen LogP contribution in [0.5, 0.6) is 0 Å². The fraction of sp³-hybridized carbons (Fsp3) is 0.538. The van der Waals surface area contributed by atoms with Gasteiger partial charge in [-0.25, -0.2) is 0 Å². The fourth-order valence-electron chi connectivity index (χ4n) is 1.57. The summed E-state index contributed by atoms with van der Waals surface area (Å²) in [5.41, 5.74) is 1.38. The highest BCUT2D eigenvalue weighted by Gasteiger charge is 2.04. The van der Waals surface area contributed by atoms with E-state index in [1.807, 2.05) is 0 Å². The van der Waals surface area contributed by atoms with E-state index in [0.717, 1.165) is 6.16 Å². The number of rotatable bonds is 7. The van der Waals surface area contributed by atoms with E-state index in [-0.39, 0.29) is 7.27 Å². The minimum Gasteiger partial charge on any atom is -0.0961 e. The largest absolute Gasteiger partial charge is 0.0961 e. The molecule has 0 saturated heterocycles. The van der Waals surface area contributed by atoms with Gasteiger partial charge in [0, 0.05) is 6.16 Å². The molecule has 0 radical (unpaired) electrons. The summed E-state index contributed by atoms with van der Waals surface area (Å²) < 4.78 is 0. The third-order valence-corrected chi connectivity index (χ3v) is 4.83. The Labute approximate surface area is 99.6 Å². The van der Waals surface area contributed by atoms with Crippen LogP contribution in [0.2, 0.25) is 0 Å². The molecule has 0 saturated carbocycles. The zero-order valence-corrected chi connectivity index (χ0v) is 11.1. The number of unbranched alkanes of at least 4 members (excludes halogenated alkanes) is 3. The first-order valence-corrected chi connectivity index (χ1v) is 8.39. The molecule has 0 spiro atoms. The molecular formula is C13H20ClP. The number of hydrogen-bond donors (Lipinski definition) is 0.